The van der Waals surface area contributed by atoms with Crippen LogP contribution in [0.25, 0.3) is 10.7 Å². The fourth-order valence-electron chi connectivity index (χ4n) is 2.34. The largest absolute Gasteiger partial charge is 0.312 e. The molecule has 0 amide bonds. The zero-order valence-electron chi connectivity index (χ0n) is 10.1. The van der Waals surface area contributed by atoms with Crippen LogP contribution in [0.15, 0.2) is 18.3 Å². The van der Waals surface area contributed by atoms with Crippen molar-refractivity contribution in [3.05, 3.63) is 34.7 Å². The lowest BCUT2D eigenvalue weighted by Crippen LogP contribution is -2.19. The van der Waals surface area contributed by atoms with E-state index in [1.165, 1.54) is 10.9 Å². The molecule has 5 heteroatoms. The number of fused-ring (bicyclic) bond motifs is 1. The summed E-state index contributed by atoms with van der Waals surface area (Å²) < 4.78 is 13.7. The van der Waals surface area contributed by atoms with Crippen LogP contribution in [0.3, 0.4) is 0 Å². The predicted molar refractivity (Wildman–Crippen MR) is 70.0 cm³/mol. The second-order valence-electron chi connectivity index (χ2n) is 4.40. The Hall–Kier alpha value is -1.33. The first kappa shape index (κ1) is 11.7. The molecule has 3 rings (SSSR count). The lowest BCUT2D eigenvalue weighted by Gasteiger charge is -2.19. The lowest BCUT2D eigenvalue weighted by molar-refractivity contribution is 0.501. The second kappa shape index (κ2) is 4.74. The molecule has 0 bridgehead atoms. The van der Waals surface area contributed by atoms with Gasteiger partial charge in [0.1, 0.15) is 10.7 Å². The van der Waals surface area contributed by atoms with Gasteiger partial charge >= 0.3 is 0 Å². The van der Waals surface area contributed by atoms with Gasteiger partial charge in [-0.2, -0.15) is 0 Å². The van der Waals surface area contributed by atoms with E-state index in [2.05, 4.69) is 15.3 Å². The molecule has 0 saturated heterocycles. The van der Waals surface area contributed by atoms with Crippen LogP contribution >= 0.6 is 11.3 Å². The van der Waals surface area contributed by atoms with Gasteiger partial charge in [-0.3, -0.25) is 4.98 Å². The van der Waals surface area contributed by atoms with E-state index in [1.54, 1.807) is 23.6 Å². The zero-order chi connectivity index (χ0) is 12.5. The summed E-state index contributed by atoms with van der Waals surface area (Å²) in [7, 11) is 1.96. The molecule has 2 aromatic heterocycles. The first-order chi connectivity index (χ1) is 8.79. The molecule has 1 aliphatic carbocycles. The molecule has 0 aliphatic heterocycles. The molecule has 2 aromatic rings. The standard InChI is InChI=1S/C13H14FN3S/c1-15-9-5-2-6-10-12(9)18-13(17-10)11-8(14)4-3-7-16-11/h3-4,7,9,15H,2,5-6H2,1H3. The lowest BCUT2D eigenvalue weighted by atomic mass is 9.98. The van der Waals surface area contributed by atoms with Crippen LogP contribution in [-0.4, -0.2) is 17.0 Å². The summed E-state index contributed by atoms with van der Waals surface area (Å²) in [4.78, 5) is 9.89. The summed E-state index contributed by atoms with van der Waals surface area (Å²) in [5.41, 5.74) is 1.47. The maximum Gasteiger partial charge on any atom is 0.151 e. The topological polar surface area (TPSA) is 37.8 Å². The van der Waals surface area contributed by atoms with Crippen molar-refractivity contribution in [2.45, 2.75) is 25.3 Å². The normalized spacial score (nSPS) is 18.7. The van der Waals surface area contributed by atoms with Crippen LogP contribution < -0.4 is 5.32 Å². The average Bonchev–Trinajstić information content (AvgIpc) is 2.82. The van der Waals surface area contributed by atoms with E-state index < -0.39 is 0 Å². The SMILES string of the molecule is CNC1CCCc2nc(-c3ncccc3F)sc21. The van der Waals surface area contributed by atoms with Crippen molar-refractivity contribution < 1.29 is 4.39 Å². The monoisotopic (exact) mass is 263 g/mol. The van der Waals surface area contributed by atoms with Crippen molar-refractivity contribution in [3.8, 4) is 10.7 Å². The summed E-state index contributed by atoms with van der Waals surface area (Å²) >= 11 is 1.56. The first-order valence-corrected chi connectivity index (χ1v) is 6.89. The maximum absolute atomic E-state index is 13.7. The summed E-state index contributed by atoms with van der Waals surface area (Å²) in [6, 6.07) is 3.38. The Kier molecular flexibility index (Phi) is 3.09. The molecule has 0 radical (unpaired) electrons. The minimum absolute atomic E-state index is 0.301. The third kappa shape index (κ3) is 1.93. The third-order valence-corrected chi connectivity index (χ3v) is 4.48. The highest BCUT2D eigenvalue weighted by Gasteiger charge is 2.24. The van der Waals surface area contributed by atoms with Crippen LogP contribution in [-0.2, 0) is 6.42 Å². The molecule has 1 atom stereocenters. The smallest absolute Gasteiger partial charge is 0.151 e. The van der Waals surface area contributed by atoms with Gasteiger partial charge in [-0.25, -0.2) is 9.37 Å². The van der Waals surface area contributed by atoms with Gasteiger partial charge < -0.3 is 5.32 Å². The van der Waals surface area contributed by atoms with Gasteiger partial charge in [0, 0.05) is 17.1 Å². The highest BCUT2D eigenvalue weighted by molar-refractivity contribution is 7.15. The Bertz CT molecular complexity index is 567. The van der Waals surface area contributed by atoms with Crippen molar-refractivity contribution in [1.29, 1.82) is 0 Å². The van der Waals surface area contributed by atoms with E-state index in [1.807, 2.05) is 7.05 Å². The van der Waals surface area contributed by atoms with Gasteiger partial charge in [0.25, 0.3) is 0 Å². The Balaban J connectivity index is 2.05. The fourth-order valence-corrected chi connectivity index (χ4v) is 3.59. The molecule has 1 N–H and O–H groups in total. The number of nitrogens with zero attached hydrogens (tertiary/aromatic N) is 2. The summed E-state index contributed by atoms with van der Waals surface area (Å²) in [6.07, 6.45) is 4.84. The number of halogens is 1. The zero-order valence-corrected chi connectivity index (χ0v) is 10.9. The number of aryl methyl sites for hydroxylation is 1. The Morgan fingerprint density at radius 3 is 3.17 bits per heavy atom. The van der Waals surface area contributed by atoms with Crippen molar-refractivity contribution in [3.63, 3.8) is 0 Å². The molecular formula is C13H14FN3S. The number of hydrogen-bond donors (Lipinski definition) is 1. The molecule has 0 spiro atoms. The molecule has 94 valence electrons. The molecule has 1 aliphatic rings. The van der Waals surface area contributed by atoms with Crippen LogP contribution in [0, 0.1) is 5.82 Å². The number of rotatable bonds is 2. The Labute approximate surface area is 109 Å². The van der Waals surface area contributed by atoms with Gasteiger partial charge in [0.15, 0.2) is 5.82 Å². The first-order valence-electron chi connectivity index (χ1n) is 6.07. The van der Waals surface area contributed by atoms with E-state index in [9.17, 15) is 4.39 Å². The van der Waals surface area contributed by atoms with Gasteiger partial charge in [-0.15, -0.1) is 11.3 Å². The molecule has 0 saturated carbocycles. The Morgan fingerprint density at radius 1 is 1.50 bits per heavy atom. The summed E-state index contributed by atoms with van der Waals surface area (Å²) in [5, 5.41) is 3.99. The number of thiazole rings is 1. The van der Waals surface area contributed by atoms with Crippen molar-refractivity contribution >= 4 is 11.3 Å². The highest BCUT2D eigenvalue weighted by atomic mass is 32.1. The van der Waals surface area contributed by atoms with Crippen molar-refractivity contribution in [2.24, 2.45) is 0 Å². The van der Waals surface area contributed by atoms with Gasteiger partial charge in [0.05, 0.1) is 5.69 Å². The molecule has 0 fully saturated rings. The highest BCUT2D eigenvalue weighted by Crippen LogP contribution is 2.37. The van der Waals surface area contributed by atoms with Crippen LogP contribution in [0.2, 0.25) is 0 Å². The van der Waals surface area contributed by atoms with Gasteiger partial charge in [0.2, 0.25) is 0 Å². The van der Waals surface area contributed by atoms with Gasteiger partial charge in [-0.05, 0) is 38.4 Å². The van der Waals surface area contributed by atoms with Crippen LogP contribution in [0.4, 0.5) is 4.39 Å². The fraction of sp³-hybridized carbons (Fsp3) is 0.385. The van der Waals surface area contributed by atoms with Crippen LogP contribution in [0.1, 0.15) is 29.5 Å². The molecule has 0 aromatic carbocycles. The summed E-state index contributed by atoms with van der Waals surface area (Å²) in [5.74, 6) is -0.301. The minimum atomic E-state index is -0.301. The third-order valence-electron chi connectivity index (χ3n) is 3.26. The predicted octanol–water partition coefficient (Wildman–Crippen LogP) is 2.94. The van der Waals surface area contributed by atoms with Crippen molar-refractivity contribution in [1.82, 2.24) is 15.3 Å². The maximum atomic E-state index is 13.7. The second-order valence-corrected chi connectivity index (χ2v) is 5.43. The Morgan fingerprint density at radius 2 is 2.39 bits per heavy atom. The van der Waals surface area contributed by atoms with E-state index in [0.717, 1.165) is 25.0 Å². The van der Waals surface area contributed by atoms with Gasteiger partial charge in [-0.1, -0.05) is 0 Å². The van der Waals surface area contributed by atoms with E-state index in [-0.39, 0.29) is 5.82 Å². The quantitative estimate of drug-likeness (QED) is 0.905. The molecule has 3 nitrogen and oxygen atoms in total. The summed E-state index contributed by atoms with van der Waals surface area (Å²) in [6.45, 7) is 0. The molecule has 18 heavy (non-hydrogen) atoms. The number of nitrogens with one attached hydrogen (secondary N) is 1. The van der Waals surface area contributed by atoms with E-state index in [0.29, 0.717) is 16.7 Å². The van der Waals surface area contributed by atoms with E-state index in [4.69, 9.17) is 0 Å². The average molecular weight is 263 g/mol. The molecular weight excluding hydrogens is 249 g/mol. The number of pyridine rings is 1. The molecule has 2 heterocycles. The number of hydrogen-bond acceptors (Lipinski definition) is 4. The molecule has 1 unspecified atom stereocenters. The number of aromatic nitrogens is 2. The minimum Gasteiger partial charge on any atom is -0.312 e. The van der Waals surface area contributed by atoms with Crippen molar-refractivity contribution in [2.75, 3.05) is 7.05 Å². The van der Waals surface area contributed by atoms with E-state index >= 15 is 0 Å². The van der Waals surface area contributed by atoms with Crippen LogP contribution in [0.5, 0.6) is 0 Å².